The smallest absolute Gasteiger partial charge is 0.246 e. The molecule has 0 bridgehead atoms. The van der Waals surface area contributed by atoms with Crippen molar-refractivity contribution in [2.45, 2.75) is 23.9 Å². The van der Waals surface area contributed by atoms with Gasteiger partial charge in [-0.25, -0.2) is 8.42 Å². The lowest BCUT2D eigenvalue weighted by molar-refractivity contribution is 0.269. The van der Waals surface area contributed by atoms with Gasteiger partial charge in [0.15, 0.2) is 0 Å². The van der Waals surface area contributed by atoms with Crippen LogP contribution in [0, 0.1) is 0 Å². The lowest BCUT2D eigenvalue weighted by Gasteiger charge is -2.19. The van der Waals surface area contributed by atoms with Crippen molar-refractivity contribution < 1.29 is 13.5 Å². The van der Waals surface area contributed by atoms with Crippen LogP contribution < -0.4 is 0 Å². The number of hydrogen-bond acceptors (Lipinski definition) is 5. The molecule has 1 aromatic rings. The molecule has 108 valence electrons. The van der Waals surface area contributed by atoms with Crippen LogP contribution >= 0.6 is 0 Å². The highest BCUT2D eigenvalue weighted by Crippen LogP contribution is 2.22. The summed E-state index contributed by atoms with van der Waals surface area (Å²) in [5.41, 5.74) is 0. The van der Waals surface area contributed by atoms with E-state index in [1.165, 1.54) is 21.4 Å². The van der Waals surface area contributed by atoms with Gasteiger partial charge in [0.05, 0.1) is 19.3 Å². The maximum absolute atomic E-state index is 12.4. The SMILES string of the molecule is CN(C)C1CCN(S(=O)(=O)c2cnn(CCO)c2)C1. The topological polar surface area (TPSA) is 78.7 Å². The largest absolute Gasteiger partial charge is 0.394 e. The molecule has 2 rings (SSSR count). The van der Waals surface area contributed by atoms with Crippen LogP contribution in [0.1, 0.15) is 6.42 Å². The van der Waals surface area contributed by atoms with Gasteiger partial charge in [0, 0.05) is 25.3 Å². The van der Waals surface area contributed by atoms with Crippen LogP contribution in [-0.2, 0) is 16.6 Å². The van der Waals surface area contributed by atoms with Gasteiger partial charge in [0.2, 0.25) is 10.0 Å². The fourth-order valence-electron chi connectivity index (χ4n) is 2.20. The molecule has 1 aromatic heterocycles. The molecule has 0 amide bonds. The summed E-state index contributed by atoms with van der Waals surface area (Å²) in [7, 11) is 0.456. The Morgan fingerprint density at radius 2 is 2.26 bits per heavy atom. The number of rotatable bonds is 5. The second kappa shape index (κ2) is 5.58. The predicted octanol–water partition coefficient (Wildman–Crippen LogP) is -0.800. The van der Waals surface area contributed by atoms with Gasteiger partial charge in [0.25, 0.3) is 0 Å². The van der Waals surface area contributed by atoms with Crippen molar-refractivity contribution in [2.75, 3.05) is 33.8 Å². The van der Waals surface area contributed by atoms with Crippen molar-refractivity contribution >= 4 is 10.0 Å². The average Bonchev–Trinajstić information content (AvgIpc) is 2.98. The summed E-state index contributed by atoms with van der Waals surface area (Å²) in [4.78, 5) is 2.24. The van der Waals surface area contributed by atoms with Gasteiger partial charge in [-0.1, -0.05) is 0 Å². The van der Waals surface area contributed by atoms with E-state index in [-0.39, 0.29) is 17.5 Å². The molecule has 19 heavy (non-hydrogen) atoms. The minimum atomic E-state index is -3.46. The van der Waals surface area contributed by atoms with Crippen LogP contribution in [0.3, 0.4) is 0 Å². The molecule has 1 fully saturated rings. The monoisotopic (exact) mass is 288 g/mol. The van der Waals surface area contributed by atoms with E-state index in [1.54, 1.807) is 0 Å². The molecule has 0 aliphatic carbocycles. The van der Waals surface area contributed by atoms with Crippen LogP contribution in [0.4, 0.5) is 0 Å². The molecule has 1 aliphatic heterocycles. The number of aromatic nitrogens is 2. The first-order valence-corrected chi connectivity index (χ1v) is 7.69. The highest BCUT2D eigenvalue weighted by atomic mass is 32.2. The zero-order valence-corrected chi connectivity index (χ0v) is 12.0. The Morgan fingerprint density at radius 1 is 1.53 bits per heavy atom. The van der Waals surface area contributed by atoms with Crippen molar-refractivity contribution in [2.24, 2.45) is 0 Å². The Morgan fingerprint density at radius 3 is 2.84 bits per heavy atom. The van der Waals surface area contributed by atoms with E-state index >= 15 is 0 Å². The van der Waals surface area contributed by atoms with Gasteiger partial charge in [-0.05, 0) is 20.5 Å². The molecular weight excluding hydrogens is 268 g/mol. The number of likely N-dealkylation sites (N-methyl/N-ethyl adjacent to an activating group) is 1. The van der Waals surface area contributed by atoms with Crippen LogP contribution in [0.15, 0.2) is 17.3 Å². The highest BCUT2D eigenvalue weighted by molar-refractivity contribution is 7.89. The lowest BCUT2D eigenvalue weighted by atomic mass is 10.2. The van der Waals surface area contributed by atoms with Gasteiger partial charge in [-0.15, -0.1) is 0 Å². The van der Waals surface area contributed by atoms with Crippen LogP contribution in [0.25, 0.3) is 0 Å². The number of hydrogen-bond donors (Lipinski definition) is 1. The van der Waals surface area contributed by atoms with E-state index in [2.05, 4.69) is 5.10 Å². The Bertz CT molecular complexity index is 526. The first-order valence-electron chi connectivity index (χ1n) is 6.25. The Labute approximate surface area is 113 Å². The molecule has 1 unspecified atom stereocenters. The third-order valence-corrected chi connectivity index (χ3v) is 5.25. The lowest BCUT2D eigenvalue weighted by Crippen LogP contribution is -2.34. The zero-order chi connectivity index (χ0) is 14.0. The van der Waals surface area contributed by atoms with Crippen molar-refractivity contribution in [3.05, 3.63) is 12.4 Å². The third kappa shape index (κ3) is 2.97. The van der Waals surface area contributed by atoms with Gasteiger partial charge in [-0.2, -0.15) is 9.40 Å². The molecule has 1 aliphatic rings. The Kier molecular flexibility index (Phi) is 4.24. The van der Waals surface area contributed by atoms with Gasteiger partial charge >= 0.3 is 0 Å². The van der Waals surface area contributed by atoms with E-state index in [1.807, 2.05) is 19.0 Å². The summed E-state index contributed by atoms with van der Waals surface area (Å²) < 4.78 is 27.8. The minimum Gasteiger partial charge on any atom is -0.394 e. The molecule has 0 spiro atoms. The van der Waals surface area contributed by atoms with Crippen LogP contribution in [-0.4, -0.2) is 72.3 Å². The minimum absolute atomic E-state index is 0.0619. The van der Waals surface area contributed by atoms with E-state index in [0.717, 1.165) is 6.42 Å². The number of nitrogens with zero attached hydrogens (tertiary/aromatic N) is 4. The molecule has 8 heteroatoms. The summed E-state index contributed by atoms with van der Waals surface area (Å²) in [5.74, 6) is 0. The van der Waals surface area contributed by atoms with Crippen molar-refractivity contribution in [1.29, 1.82) is 0 Å². The Balaban J connectivity index is 2.14. The highest BCUT2D eigenvalue weighted by Gasteiger charge is 2.34. The van der Waals surface area contributed by atoms with E-state index in [9.17, 15) is 8.42 Å². The summed E-state index contributed by atoms with van der Waals surface area (Å²) in [5, 5.41) is 12.8. The van der Waals surface area contributed by atoms with Crippen LogP contribution in [0.2, 0.25) is 0 Å². The first-order chi connectivity index (χ1) is 8.95. The fraction of sp³-hybridized carbons (Fsp3) is 0.727. The van der Waals surface area contributed by atoms with Crippen LogP contribution in [0.5, 0.6) is 0 Å². The maximum atomic E-state index is 12.4. The summed E-state index contributed by atoms with van der Waals surface area (Å²) in [6.07, 6.45) is 3.65. The van der Waals surface area contributed by atoms with Gasteiger partial charge in [-0.3, -0.25) is 4.68 Å². The van der Waals surface area contributed by atoms with E-state index < -0.39 is 10.0 Å². The molecule has 0 aromatic carbocycles. The van der Waals surface area contributed by atoms with Crippen molar-refractivity contribution in [1.82, 2.24) is 19.0 Å². The molecule has 2 heterocycles. The zero-order valence-electron chi connectivity index (χ0n) is 11.2. The number of aliphatic hydroxyl groups excluding tert-OH is 1. The molecule has 1 atom stereocenters. The fourth-order valence-corrected chi connectivity index (χ4v) is 3.65. The van der Waals surface area contributed by atoms with E-state index in [4.69, 9.17) is 5.11 Å². The molecule has 1 N–H and O–H groups in total. The average molecular weight is 288 g/mol. The maximum Gasteiger partial charge on any atom is 0.246 e. The van der Waals surface area contributed by atoms with Gasteiger partial charge in [0.1, 0.15) is 4.90 Å². The second-order valence-electron chi connectivity index (χ2n) is 4.93. The van der Waals surface area contributed by atoms with E-state index in [0.29, 0.717) is 19.6 Å². The van der Waals surface area contributed by atoms with Gasteiger partial charge < -0.3 is 10.0 Å². The number of sulfonamides is 1. The summed E-state index contributed by atoms with van der Waals surface area (Å²) >= 11 is 0. The van der Waals surface area contributed by atoms with Crippen molar-refractivity contribution in [3.8, 4) is 0 Å². The third-order valence-electron chi connectivity index (χ3n) is 3.43. The number of aliphatic hydroxyl groups is 1. The summed E-state index contributed by atoms with van der Waals surface area (Å²) in [6.45, 7) is 1.29. The Hall–Kier alpha value is -0.960. The summed E-state index contributed by atoms with van der Waals surface area (Å²) in [6, 6.07) is 0.266. The first kappa shape index (κ1) is 14.4. The second-order valence-corrected chi connectivity index (χ2v) is 6.87. The quantitative estimate of drug-likeness (QED) is 0.767. The predicted molar refractivity (Wildman–Crippen MR) is 70.2 cm³/mol. The molecule has 1 saturated heterocycles. The molecule has 0 radical (unpaired) electrons. The molecule has 7 nitrogen and oxygen atoms in total. The molecular formula is C11H20N4O3S. The normalized spacial score (nSPS) is 21.4. The van der Waals surface area contributed by atoms with Crippen molar-refractivity contribution in [3.63, 3.8) is 0 Å². The standard InChI is InChI=1S/C11H20N4O3S/c1-13(2)10-3-4-15(8-10)19(17,18)11-7-12-14(9-11)5-6-16/h7,9-10,16H,3-6,8H2,1-2H3. The molecule has 0 saturated carbocycles.